The molecular formula is C11H21NOSi. The highest BCUT2D eigenvalue weighted by Crippen LogP contribution is 2.31. The monoisotopic (exact) mass is 211 g/mol. The molecule has 0 aromatic rings. The lowest BCUT2D eigenvalue weighted by molar-refractivity contribution is -0.0270. The van der Waals surface area contributed by atoms with Gasteiger partial charge in [-0.05, 0) is 46.0 Å². The van der Waals surface area contributed by atoms with E-state index >= 15 is 0 Å². The minimum Gasteiger partial charge on any atom is -0.380 e. The lowest BCUT2D eigenvalue weighted by atomic mass is 9.87. The molecule has 1 fully saturated rings. The lowest BCUT2D eigenvalue weighted by Gasteiger charge is -2.35. The van der Waals surface area contributed by atoms with Gasteiger partial charge in [-0.15, -0.1) is 0 Å². The highest BCUT2D eigenvalue weighted by molar-refractivity contribution is 6.14. The summed E-state index contributed by atoms with van der Waals surface area (Å²) in [6, 6.07) is 2.36. The molecule has 3 heteroatoms. The van der Waals surface area contributed by atoms with Crippen molar-refractivity contribution in [2.75, 3.05) is 6.61 Å². The van der Waals surface area contributed by atoms with Gasteiger partial charge >= 0.3 is 0 Å². The maximum absolute atomic E-state index is 8.93. The molecule has 0 amide bonds. The van der Waals surface area contributed by atoms with Crippen molar-refractivity contribution in [3.05, 3.63) is 0 Å². The van der Waals surface area contributed by atoms with Gasteiger partial charge in [-0.25, -0.2) is 0 Å². The van der Waals surface area contributed by atoms with E-state index in [0.29, 0.717) is 0 Å². The molecule has 1 aliphatic rings. The van der Waals surface area contributed by atoms with Gasteiger partial charge in [-0.2, -0.15) is 5.26 Å². The van der Waals surface area contributed by atoms with Gasteiger partial charge in [0.25, 0.3) is 0 Å². The first-order valence-corrected chi connectivity index (χ1v) is 6.53. The van der Waals surface area contributed by atoms with Crippen LogP contribution in [-0.4, -0.2) is 22.1 Å². The van der Waals surface area contributed by atoms with E-state index in [2.05, 4.69) is 6.07 Å². The molecule has 0 bridgehead atoms. The minimum atomic E-state index is -0.182. The van der Waals surface area contributed by atoms with Gasteiger partial charge in [0.05, 0.1) is 11.5 Å². The zero-order valence-corrected chi connectivity index (χ0v) is 11.6. The fourth-order valence-electron chi connectivity index (χ4n) is 1.82. The van der Waals surface area contributed by atoms with Crippen molar-refractivity contribution in [2.24, 2.45) is 5.41 Å². The second-order valence-corrected chi connectivity index (χ2v) is 7.07. The van der Waals surface area contributed by atoms with E-state index in [1.54, 1.807) is 0 Å². The first kappa shape index (κ1) is 11.7. The molecule has 0 radical (unpaired) electrons. The van der Waals surface area contributed by atoms with Crippen LogP contribution in [0.25, 0.3) is 0 Å². The Morgan fingerprint density at radius 2 is 2.21 bits per heavy atom. The van der Waals surface area contributed by atoms with Crippen molar-refractivity contribution in [3.63, 3.8) is 0 Å². The number of hydrogen-bond donors (Lipinski definition) is 0. The van der Waals surface area contributed by atoms with Gasteiger partial charge in [0, 0.05) is 22.1 Å². The molecule has 0 aliphatic carbocycles. The van der Waals surface area contributed by atoms with Crippen molar-refractivity contribution in [3.8, 4) is 6.07 Å². The Morgan fingerprint density at radius 3 is 2.71 bits per heavy atom. The van der Waals surface area contributed by atoms with Gasteiger partial charge in [-0.3, -0.25) is 0 Å². The zero-order valence-electron chi connectivity index (χ0n) is 9.60. The number of rotatable bonds is 3. The maximum Gasteiger partial charge on any atom is 0.0683 e. The molecular weight excluding hydrogens is 190 g/mol. The molecule has 0 spiro atoms. The van der Waals surface area contributed by atoms with Gasteiger partial charge in [-0.1, -0.05) is 0 Å². The number of nitrogens with zero attached hydrogens (tertiary/aromatic N) is 1. The average molecular weight is 211 g/mol. The minimum absolute atomic E-state index is 0.173. The van der Waals surface area contributed by atoms with E-state index in [-0.39, 0.29) is 10.6 Å². The average Bonchev–Trinajstić information content (AvgIpc) is 2.17. The Hall–Kier alpha value is -0.333. The standard InChI is InChI=1S/C11H21NOSi/c1-10(2,9-12)6-7-11(14)5-3-4-8-13-11/h3-8H2,1-2,14H3. The Morgan fingerprint density at radius 1 is 1.50 bits per heavy atom. The lowest BCUT2D eigenvalue weighted by Crippen LogP contribution is -2.37. The third-order valence-electron chi connectivity index (χ3n) is 3.13. The van der Waals surface area contributed by atoms with Gasteiger partial charge in [0.1, 0.15) is 0 Å². The van der Waals surface area contributed by atoms with Crippen LogP contribution < -0.4 is 0 Å². The topological polar surface area (TPSA) is 33.0 Å². The molecule has 1 heterocycles. The second kappa shape index (κ2) is 4.46. The molecule has 80 valence electrons. The molecule has 1 aliphatic heterocycles. The Labute approximate surface area is 90.1 Å². The maximum atomic E-state index is 8.93. The summed E-state index contributed by atoms with van der Waals surface area (Å²) in [6.45, 7) is 4.96. The van der Waals surface area contributed by atoms with Crippen LogP contribution in [-0.2, 0) is 4.74 Å². The van der Waals surface area contributed by atoms with Crippen molar-refractivity contribution < 1.29 is 4.74 Å². The van der Waals surface area contributed by atoms with E-state index in [1.807, 2.05) is 13.8 Å². The molecule has 14 heavy (non-hydrogen) atoms. The summed E-state index contributed by atoms with van der Waals surface area (Å²) in [5.74, 6) is 0. The van der Waals surface area contributed by atoms with Crippen molar-refractivity contribution in [2.45, 2.75) is 51.2 Å². The Bertz CT molecular complexity index is 226. The quantitative estimate of drug-likeness (QED) is 0.664. The normalized spacial score (nSPS) is 28.6. The van der Waals surface area contributed by atoms with Crippen LogP contribution in [0.2, 0.25) is 0 Å². The Balaban J connectivity index is 2.40. The fourth-order valence-corrected chi connectivity index (χ4v) is 2.63. The summed E-state index contributed by atoms with van der Waals surface area (Å²) >= 11 is 0. The predicted molar refractivity (Wildman–Crippen MR) is 61.1 cm³/mol. The first-order valence-electron chi connectivity index (χ1n) is 5.53. The van der Waals surface area contributed by atoms with E-state index in [0.717, 1.165) is 29.7 Å². The van der Waals surface area contributed by atoms with E-state index in [9.17, 15) is 0 Å². The fraction of sp³-hybridized carbons (Fsp3) is 0.909. The van der Waals surface area contributed by atoms with Crippen LogP contribution in [0.5, 0.6) is 0 Å². The highest BCUT2D eigenvalue weighted by Gasteiger charge is 2.30. The summed E-state index contributed by atoms with van der Waals surface area (Å²) in [5.41, 5.74) is -0.182. The molecule has 0 aromatic heterocycles. The first-order chi connectivity index (χ1) is 6.47. The third kappa shape index (κ3) is 3.43. The van der Waals surface area contributed by atoms with E-state index in [1.165, 1.54) is 19.3 Å². The largest absolute Gasteiger partial charge is 0.380 e. The Kier molecular flexibility index (Phi) is 3.74. The van der Waals surface area contributed by atoms with Crippen LogP contribution in [0.3, 0.4) is 0 Å². The van der Waals surface area contributed by atoms with Gasteiger partial charge in [0.2, 0.25) is 0 Å². The van der Waals surface area contributed by atoms with Crippen LogP contribution >= 0.6 is 0 Å². The third-order valence-corrected chi connectivity index (χ3v) is 4.42. The number of hydrogen-bond acceptors (Lipinski definition) is 2. The summed E-state index contributed by atoms with van der Waals surface area (Å²) in [6.07, 6.45) is 5.76. The number of nitriles is 1. The van der Waals surface area contributed by atoms with Crippen molar-refractivity contribution in [1.82, 2.24) is 0 Å². The molecule has 0 N–H and O–H groups in total. The predicted octanol–water partition coefficient (Wildman–Crippen LogP) is 1.58. The SMILES string of the molecule is CC(C)(C#N)CCC1([SiH3])CCCCO1. The van der Waals surface area contributed by atoms with Gasteiger partial charge in [0.15, 0.2) is 0 Å². The molecule has 1 saturated heterocycles. The van der Waals surface area contributed by atoms with Crippen molar-refractivity contribution >= 4 is 10.2 Å². The van der Waals surface area contributed by atoms with Crippen LogP contribution in [0.15, 0.2) is 0 Å². The van der Waals surface area contributed by atoms with E-state index < -0.39 is 0 Å². The van der Waals surface area contributed by atoms with Crippen molar-refractivity contribution in [1.29, 1.82) is 5.26 Å². The molecule has 1 atom stereocenters. The summed E-state index contributed by atoms with van der Waals surface area (Å²) in [5, 5.41) is 9.10. The summed E-state index contributed by atoms with van der Waals surface area (Å²) in [4.78, 5) is 0. The van der Waals surface area contributed by atoms with Crippen LogP contribution in [0, 0.1) is 16.7 Å². The van der Waals surface area contributed by atoms with Gasteiger partial charge < -0.3 is 4.74 Å². The zero-order chi connectivity index (χ0) is 10.7. The van der Waals surface area contributed by atoms with E-state index in [4.69, 9.17) is 10.00 Å². The molecule has 1 unspecified atom stereocenters. The molecule has 0 saturated carbocycles. The summed E-state index contributed by atoms with van der Waals surface area (Å²) < 4.78 is 5.86. The number of ether oxygens (including phenoxy) is 1. The second-order valence-electron chi connectivity index (χ2n) is 5.25. The molecule has 0 aromatic carbocycles. The summed E-state index contributed by atoms with van der Waals surface area (Å²) in [7, 11) is 1.09. The van der Waals surface area contributed by atoms with Crippen LogP contribution in [0.1, 0.15) is 46.0 Å². The molecule has 2 nitrogen and oxygen atoms in total. The smallest absolute Gasteiger partial charge is 0.0683 e. The molecule has 1 rings (SSSR count). The highest BCUT2D eigenvalue weighted by atomic mass is 28.1. The van der Waals surface area contributed by atoms with Crippen LogP contribution in [0.4, 0.5) is 0 Å².